The van der Waals surface area contributed by atoms with E-state index in [-0.39, 0.29) is 22.8 Å². The molecule has 0 saturated carbocycles. The first kappa shape index (κ1) is 22.5. The number of aromatic hydroxyl groups is 1. The number of nitrogens with zero attached hydrogens (tertiary/aromatic N) is 3. The predicted octanol–water partition coefficient (Wildman–Crippen LogP) is 7.34. The summed E-state index contributed by atoms with van der Waals surface area (Å²) >= 11 is 0.739. The first-order valence-corrected chi connectivity index (χ1v) is 11.5. The van der Waals surface area contributed by atoms with Gasteiger partial charge in [0, 0.05) is 16.5 Å². The van der Waals surface area contributed by atoms with Crippen LogP contribution in [0.15, 0.2) is 100 Å². The molecule has 2 amide bonds. The molecule has 0 atom stereocenters. The predicted molar refractivity (Wildman–Crippen MR) is 134 cm³/mol. The zero-order valence-corrected chi connectivity index (χ0v) is 19.1. The number of hydrogen-bond acceptors (Lipinski definition) is 6. The summed E-state index contributed by atoms with van der Waals surface area (Å²) < 4.78 is 14.0. The summed E-state index contributed by atoms with van der Waals surface area (Å²) in [7, 11) is 0. The molecule has 1 heterocycles. The van der Waals surface area contributed by atoms with E-state index in [4.69, 9.17) is 0 Å². The van der Waals surface area contributed by atoms with Crippen LogP contribution in [0.4, 0.5) is 20.6 Å². The Hall–Kier alpha value is -4.30. The van der Waals surface area contributed by atoms with Gasteiger partial charge in [0.25, 0.3) is 11.1 Å². The van der Waals surface area contributed by atoms with Crippen molar-refractivity contribution in [3.05, 3.63) is 107 Å². The van der Waals surface area contributed by atoms with Crippen LogP contribution in [0, 0.1) is 5.82 Å². The summed E-state index contributed by atoms with van der Waals surface area (Å²) in [5.41, 5.74) is 1.73. The van der Waals surface area contributed by atoms with Crippen LogP contribution in [0.1, 0.15) is 11.1 Å². The third kappa shape index (κ3) is 4.69. The van der Waals surface area contributed by atoms with E-state index in [1.165, 1.54) is 24.3 Å². The Morgan fingerprint density at radius 1 is 0.914 bits per heavy atom. The molecule has 1 saturated heterocycles. The van der Waals surface area contributed by atoms with Crippen LogP contribution in [-0.2, 0) is 11.3 Å². The lowest BCUT2D eigenvalue weighted by Gasteiger charge is -2.12. The molecule has 5 rings (SSSR count). The van der Waals surface area contributed by atoms with Crippen LogP contribution in [0.5, 0.6) is 5.75 Å². The Morgan fingerprint density at radius 3 is 2.54 bits per heavy atom. The van der Waals surface area contributed by atoms with E-state index in [0.717, 1.165) is 27.4 Å². The van der Waals surface area contributed by atoms with Gasteiger partial charge in [0.2, 0.25) is 0 Å². The van der Waals surface area contributed by atoms with Gasteiger partial charge in [0.15, 0.2) is 0 Å². The number of azo groups is 1. The van der Waals surface area contributed by atoms with Crippen LogP contribution in [0.3, 0.4) is 0 Å². The second-order valence-corrected chi connectivity index (χ2v) is 8.79. The van der Waals surface area contributed by atoms with Crippen LogP contribution in [0.25, 0.3) is 16.8 Å². The molecule has 172 valence electrons. The summed E-state index contributed by atoms with van der Waals surface area (Å²) in [6.45, 7) is -0.167. The van der Waals surface area contributed by atoms with E-state index in [2.05, 4.69) is 10.2 Å². The normalized spacial score (nSPS) is 15.1. The fourth-order valence-corrected chi connectivity index (χ4v) is 4.53. The van der Waals surface area contributed by atoms with Crippen molar-refractivity contribution in [3.8, 4) is 5.75 Å². The summed E-state index contributed by atoms with van der Waals surface area (Å²) in [5.74, 6) is -1.11. The van der Waals surface area contributed by atoms with Crippen molar-refractivity contribution in [2.45, 2.75) is 6.54 Å². The Morgan fingerprint density at radius 2 is 1.69 bits per heavy atom. The quantitative estimate of drug-likeness (QED) is 0.238. The van der Waals surface area contributed by atoms with Crippen molar-refractivity contribution in [1.29, 1.82) is 0 Å². The van der Waals surface area contributed by atoms with Crippen molar-refractivity contribution >= 4 is 51.1 Å². The maximum atomic E-state index is 14.0. The molecule has 8 heteroatoms. The molecule has 1 N–H and O–H groups in total. The van der Waals surface area contributed by atoms with Gasteiger partial charge in [-0.2, -0.15) is 5.11 Å². The van der Waals surface area contributed by atoms with E-state index < -0.39 is 17.0 Å². The van der Waals surface area contributed by atoms with E-state index in [1.54, 1.807) is 24.3 Å². The van der Waals surface area contributed by atoms with Gasteiger partial charge in [0.05, 0.1) is 22.8 Å². The highest BCUT2D eigenvalue weighted by atomic mass is 32.2. The molecule has 4 aromatic carbocycles. The topological polar surface area (TPSA) is 82.3 Å². The third-order valence-corrected chi connectivity index (χ3v) is 6.40. The Labute approximate surface area is 204 Å². The minimum absolute atomic E-state index is 0.0741. The van der Waals surface area contributed by atoms with Crippen molar-refractivity contribution in [1.82, 2.24) is 4.90 Å². The maximum absolute atomic E-state index is 14.0. The monoisotopic (exact) mass is 483 g/mol. The Kier molecular flexibility index (Phi) is 6.12. The van der Waals surface area contributed by atoms with E-state index >= 15 is 0 Å². The lowest BCUT2D eigenvalue weighted by Crippen LogP contribution is -2.27. The zero-order valence-electron chi connectivity index (χ0n) is 18.3. The van der Waals surface area contributed by atoms with Gasteiger partial charge in [-0.15, -0.1) is 5.11 Å². The van der Waals surface area contributed by atoms with Crippen molar-refractivity contribution in [2.24, 2.45) is 10.2 Å². The number of fused-ring (bicyclic) bond motifs is 1. The number of rotatable bonds is 5. The number of carbonyl (C=O) groups is 2. The van der Waals surface area contributed by atoms with E-state index in [9.17, 15) is 19.1 Å². The summed E-state index contributed by atoms with van der Waals surface area (Å²) in [5, 5.41) is 20.5. The van der Waals surface area contributed by atoms with Gasteiger partial charge >= 0.3 is 0 Å². The average molecular weight is 484 g/mol. The molecule has 4 aromatic rings. The van der Waals surface area contributed by atoms with Crippen LogP contribution < -0.4 is 0 Å². The minimum Gasteiger partial charge on any atom is -0.507 e. The SMILES string of the molecule is O=C1S/C(=C\c2cc(N=Nc3cccc4ccccc34)ccc2O)C(=O)N1Cc1ccccc1F. The number of carbonyl (C=O) groups excluding carboxylic acids is 2. The molecule has 0 spiro atoms. The number of hydrogen-bond donors (Lipinski definition) is 1. The van der Waals surface area contributed by atoms with Gasteiger partial charge in [0.1, 0.15) is 11.6 Å². The van der Waals surface area contributed by atoms with Gasteiger partial charge in [-0.3, -0.25) is 14.5 Å². The highest BCUT2D eigenvalue weighted by Gasteiger charge is 2.35. The molecule has 0 radical (unpaired) electrons. The fourth-order valence-electron chi connectivity index (χ4n) is 3.70. The number of imide groups is 1. The highest BCUT2D eigenvalue weighted by Crippen LogP contribution is 2.36. The van der Waals surface area contributed by atoms with Crippen LogP contribution >= 0.6 is 11.8 Å². The second kappa shape index (κ2) is 9.52. The lowest BCUT2D eigenvalue weighted by molar-refractivity contribution is -0.123. The number of phenolic OH excluding ortho intramolecular Hbond substituents is 1. The smallest absolute Gasteiger partial charge is 0.293 e. The van der Waals surface area contributed by atoms with Gasteiger partial charge < -0.3 is 5.11 Å². The number of benzene rings is 4. The van der Waals surface area contributed by atoms with Crippen molar-refractivity contribution in [3.63, 3.8) is 0 Å². The minimum atomic E-state index is -0.551. The Bertz CT molecular complexity index is 1530. The molecule has 0 unspecified atom stereocenters. The van der Waals surface area contributed by atoms with E-state index in [0.29, 0.717) is 16.9 Å². The largest absolute Gasteiger partial charge is 0.507 e. The number of amides is 2. The standard InChI is InChI=1S/C27H18FN3O3S/c28-22-10-4-2-7-18(22)16-31-26(33)25(35-27(31)34)15-19-14-20(12-13-24(19)32)29-30-23-11-5-8-17-6-1-3-9-21(17)23/h1-15,32H,16H2/b25-15-,30-29?. The number of halogens is 1. The number of phenols is 1. The first-order valence-electron chi connectivity index (χ1n) is 10.7. The number of thioether (sulfide) groups is 1. The maximum Gasteiger partial charge on any atom is 0.293 e. The van der Waals surface area contributed by atoms with Gasteiger partial charge in [-0.05, 0) is 53.6 Å². The molecule has 0 bridgehead atoms. The lowest BCUT2D eigenvalue weighted by atomic mass is 10.1. The molecule has 1 fully saturated rings. The first-order chi connectivity index (χ1) is 17.0. The highest BCUT2D eigenvalue weighted by molar-refractivity contribution is 8.18. The molecule has 1 aliphatic heterocycles. The second-order valence-electron chi connectivity index (χ2n) is 7.80. The van der Waals surface area contributed by atoms with Gasteiger partial charge in [-0.1, -0.05) is 54.6 Å². The average Bonchev–Trinajstić information content (AvgIpc) is 3.13. The fraction of sp³-hybridized carbons (Fsp3) is 0.0370. The molecule has 6 nitrogen and oxygen atoms in total. The Balaban J connectivity index is 1.40. The molecule has 0 aromatic heterocycles. The van der Waals surface area contributed by atoms with E-state index in [1.807, 2.05) is 42.5 Å². The molecular weight excluding hydrogens is 465 g/mol. The molecule has 35 heavy (non-hydrogen) atoms. The third-order valence-electron chi connectivity index (χ3n) is 5.50. The van der Waals surface area contributed by atoms with Crippen LogP contribution in [0.2, 0.25) is 0 Å². The van der Waals surface area contributed by atoms with Crippen molar-refractivity contribution < 1.29 is 19.1 Å². The summed E-state index contributed by atoms with van der Waals surface area (Å²) in [6, 6.07) is 24.2. The van der Waals surface area contributed by atoms with Crippen molar-refractivity contribution in [2.75, 3.05) is 0 Å². The molecule has 1 aliphatic rings. The van der Waals surface area contributed by atoms with Gasteiger partial charge in [-0.25, -0.2) is 4.39 Å². The summed E-state index contributed by atoms with van der Waals surface area (Å²) in [4.78, 5) is 26.4. The van der Waals surface area contributed by atoms with Crippen LogP contribution in [-0.4, -0.2) is 21.2 Å². The molecular formula is C27H18FN3O3S. The summed E-state index contributed by atoms with van der Waals surface area (Å²) in [6.07, 6.45) is 1.43. The molecule has 0 aliphatic carbocycles. The zero-order chi connectivity index (χ0) is 24.4.